The molecule has 30 heavy (non-hydrogen) atoms. The van der Waals surface area contributed by atoms with Crippen molar-refractivity contribution in [2.75, 3.05) is 35.5 Å². The number of ether oxygens (including phenoxy) is 5. The average Bonchev–Trinajstić information content (AvgIpc) is 2.77. The third-order valence-electron chi connectivity index (χ3n) is 3.11. The lowest BCUT2D eigenvalue weighted by atomic mass is 10.2. The maximum atomic E-state index is 10.1. The monoisotopic (exact) mass is 586 g/mol. The van der Waals surface area contributed by atoms with Gasteiger partial charge in [-0.1, -0.05) is 67.9 Å². The Bertz CT molecular complexity index is 716. The number of hydrogen-bond donors (Lipinski definition) is 0. The summed E-state index contributed by atoms with van der Waals surface area (Å²) >= 11 is 10.7. The van der Waals surface area contributed by atoms with Crippen LogP contribution in [0.2, 0.25) is 0 Å². The van der Waals surface area contributed by atoms with Gasteiger partial charge < -0.3 is 23.7 Å². The summed E-state index contributed by atoms with van der Waals surface area (Å²) in [5.74, 6) is 0. The molecule has 0 aliphatic heterocycles. The van der Waals surface area contributed by atoms with Crippen LogP contribution in [0.4, 0.5) is 0 Å². The Hall–Kier alpha value is -0.610. The first-order valence-corrected chi connectivity index (χ1v) is 11.3. The van der Waals surface area contributed by atoms with Crippen LogP contribution in [-0.4, -0.2) is 49.6 Å². The number of rotatable bonds is 7. The van der Waals surface area contributed by atoms with Crippen molar-refractivity contribution in [1.29, 1.82) is 1.28 Å². The van der Waals surface area contributed by atoms with Crippen molar-refractivity contribution in [2.24, 2.45) is 0 Å². The van der Waals surface area contributed by atoms with Crippen LogP contribution in [0.1, 0.15) is 22.2 Å². The Morgan fingerprint density at radius 1 is 0.900 bits per heavy atom. The Balaban J connectivity index is 0. The smallest absolute Gasteiger partial charge is 0.270 e. The predicted octanol–water partition coefficient (Wildman–Crippen LogP) is 5.80. The van der Waals surface area contributed by atoms with E-state index in [1.54, 1.807) is 26.4 Å². The lowest BCUT2D eigenvalue weighted by molar-refractivity contribution is -0.252. The van der Waals surface area contributed by atoms with Gasteiger partial charge in [-0.15, -0.1) is 0 Å². The summed E-state index contributed by atoms with van der Waals surface area (Å²) in [7, 11) is 8.02. The maximum Gasteiger partial charge on any atom is 0.270 e. The SMILES string of the molecule is COC(OC)OC.COC(OC)c1cccc(Br)c1.O=Cc1cccc(Br)c1.[3H]P=S. The second kappa shape index (κ2) is 21.6. The Labute approximate surface area is 204 Å². The molecule has 0 fully saturated rings. The van der Waals surface area contributed by atoms with E-state index >= 15 is 0 Å². The van der Waals surface area contributed by atoms with E-state index in [-0.39, 0.29) is 14.3 Å². The van der Waals surface area contributed by atoms with Crippen LogP contribution in [0.15, 0.2) is 57.5 Å². The topological polar surface area (TPSA) is 63.2 Å². The molecule has 6 nitrogen and oxygen atoms in total. The highest BCUT2D eigenvalue weighted by atomic mass is 79.9. The van der Waals surface area contributed by atoms with E-state index < -0.39 is 6.48 Å². The molecule has 0 N–H and O–H groups in total. The molecule has 0 aliphatic carbocycles. The number of halogens is 2. The van der Waals surface area contributed by atoms with Gasteiger partial charge in [0.2, 0.25) is 0 Å². The fourth-order valence-electron chi connectivity index (χ4n) is 1.89. The number of aldehydes is 1. The molecule has 0 aliphatic rings. The van der Waals surface area contributed by atoms with Gasteiger partial charge in [0.25, 0.3) is 6.48 Å². The lowest BCUT2D eigenvalue weighted by Crippen LogP contribution is -2.14. The number of carbonyl (C=O) groups is 1. The zero-order valence-corrected chi connectivity index (χ0v) is 22.3. The van der Waals surface area contributed by atoms with Crippen molar-refractivity contribution < 1.29 is 28.5 Å². The van der Waals surface area contributed by atoms with E-state index in [0.29, 0.717) is 5.56 Å². The molecule has 0 atom stereocenters. The van der Waals surface area contributed by atoms with Crippen LogP contribution in [0.25, 0.3) is 0 Å². The fourth-order valence-corrected chi connectivity index (χ4v) is 2.72. The molecule has 0 heterocycles. The Morgan fingerprint density at radius 2 is 1.37 bits per heavy atom. The van der Waals surface area contributed by atoms with Gasteiger partial charge in [0.05, 0.1) is 0 Å². The minimum Gasteiger partial charge on any atom is -0.352 e. The predicted molar refractivity (Wildman–Crippen MR) is 131 cm³/mol. The van der Waals surface area contributed by atoms with Gasteiger partial charge in [0.1, 0.15) is 7.56 Å². The zero-order valence-electron chi connectivity index (χ0n) is 18.4. The van der Waals surface area contributed by atoms with Gasteiger partial charge in [-0.25, -0.2) is 0 Å². The summed E-state index contributed by atoms with van der Waals surface area (Å²) < 4.78 is 32.0. The van der Waals surface area contributed by atoms with Gasteiger partial charge in [-0.3, -0.25) is 4.79 Å². The quantitative estimate of drug-likeness (QED) is 0.230. The molecule has 0 spiro atoms. The third kappa shape index (κ3) is 15.2. The second-order valence-corrected chi connectivity index (χ2v) is 6.86. The molecule has 10 heteroatoms. The first-order chi connectivity index (χ1) is 14.9. The molecule has 0 unspecified atom stereocenters. The average molecular weight is 588 g/mol. The van der Waals surface area contributed by atoms with Gasteiger partial charge in [-0.2, -0.15) is 0 Å². The highest BCUT2D eigenvalue weighted by Gasteiger charge is 2.07. The largest absolute Gasteiger partial charge is 0.352 e. The number of methoxy groups -OCH3 is 5. The van der Waals surface area contributed by atoms with E-state index in [1.165, 1.54) is 21.3 Å². The van der Waals surface area contributed by atoms with Crippen molar-refractivity contribution >= 4 is 57.9 Å². The van der Waals surface area contributed by atoms with Gasteiger partial charge in [-0.05, 0) is 32.2 Å². The standard InChI is InChI=1S/C9H11BrO2.C7H5BrO.C4H10O3.HPS/c1-11-9(12-2)7-4-3-5-8(10)6-7;8-7-3-1-2-6(4-7)5-9;1-5-4(6-2)7-3;1-2/h3-6,9H,1-2H3;1-5H;4H,1-3H3;1H/i;;;1T. The molecular formula is C20H27Br2O6PS. The summed E-state index contributed by atoms with van der Waals surface area (Å²) in [6.07, 6.45) is 0.549. The second-order valence-electron chi connectivity index (χ2n) is 5.03. The van der Waals surface area contributed by atoms with Crippen LogP contribution in [0, 0.1) is 0 Å². The molecule has 168 valence electrons. The van der Waals surface area contributed by atoms with E-state index in [4.69, 9.17) is 10.8 Å². The van der Waals surface area contributed by atoms with Crippen molar-refractivity contribution in [2.45, 2.75) is 12.8 Å². The molecule has 0 amide bonds. The van der Waals surface area contributed by atoms with Crippen LogP contribution in [0.3, 0.4) is 0 Å². The lowest BCUT2D eigenvalue weighted by Gasteiger charge is -2.13. The summed E-state index contributed by atoms with van der Waals surface area (Å²) in [6.45, 7) is -0.514. The molecule has 0 aromatic heterocycles. The van der Waals surface area contributed by atoms with Gasteiger partial charge >= 0.3 is 0 Å². The van der Waals surface area contributed by atoms with E-state index in [2.05, 4.69) is 57.9 Å². The normalized spacial score (nSPS) is 10.1. The number of benzene rings is 2. The van der Waals surface area contributed by atoms with Crippen LogP contribution in [0.5, 0.6) is 0 Å². The Kier molecular flexibility index (Phi) is 21.2. The molecule has 0 saturated carbocycles. The summed E-state index contributed by atoms with van der Waals surface area (Å²) in [6, 6.07) is 15.1. The highest BCUT2D eigenvalue weighted by molar-refractivity contribution is 9.10. The minimum atomic E-state index is -0.514. The van der Waals surface area contributed by atoms with Crippen molar-refractivity contribution in [3.8, 4) is 0 Å². The van der Waals surface area contributed by atoms with E-state index in [1.807, 2.05) is 36.4 Å². The highest BCUT2D eigenvalue weighted by Crippen LogP contribution is 2.20. The van der Waals surface area contributed by atoms with E-state index in [9.17, 15) is 4.79 Å². The summed E-state index contributed by atoms with van der Waals surface area (Å²) in [5.41, 5.74) is 1.71. The molecule has 0 bridgehead atoms. The van der Waals surface area contributed by atoms with Crippen LogP contribution in [-0.2, 0) is 35.5 Å². The zero-order chi connectivity index (χ0) is 24.1. The Morgan fingerprint density at radius 3 is 1.67 bits per heavy atom. The van der Waals surface area contributed by atoms with Crippen molar-refractivity contribution in [3.05, 3.63) is 68.6 Å². The van der Waals surface area contributed by atoms with Gasteiger partial charge in [0, 0.05) is 55.6 Å². The van der Waals surface area contributed by atoms with Gasteiger partial charge in [0.15, 0.2) is 6.29 Å². The summed E-state index contributed by atoms with van der Waals surface area (Å²) in [5, 5.41) is 0. The number of carbonyl (C=O) groups excluding carboxylic acids is 1. The molecule has 0 radical (unpaired) electrons. The molecule has 2 aromatic carbocycles. The third-order valence-corrected chi connectivity index (χ3v) is 4.10. The maximum absolute atomic E-state index is 10.1. The fraction of sp³-hybridized carbons (Fsp3) is 0.350. The number of hydrogen-bond acceptors (Lipinski definition) is 7. The molecule has 2 rings (SSSR count). The first-order valence-electron chi connectivity index (χ1n) is 8.68. The molecule has 2 aromatic rings. The minimum absolute atomic E-state index is 0.250. The molecular weight excluding hydrogens is 559 g/mol. The van der Waals surface area contributed by atoms with Crippen LogP contribution >= 0.6 is 39.8 Å². The van der Waals surface area contributed by atoms with Crippen molar-refractivity contribution in [1.82, 2.24) is 0 Å². The molecule has 0 saturated heterocycles. The van der Waals surface area contributed by atoms with Crippen molar-refractivity contribution in [3.63, 3.8) is 0 Å². The summed E-state index contributed by atoms with van der Waals surface area (Å²) in [4.78, 5) is 10.1. The van der Waals surface area contributed by atoms with E-state index in [0.717, 1.165) is 20.8 Å². The first kappa shape index (κ1) is 29.4. The van der Waals surface area contributed by atoms with Crippen LogP contribution < -0.4 is 0 Å².